The summed E-state index contributed by atoms with van der Waals surface area (Å²) in [5, 5.41) is 7.83. The molecule has 0 aliphatic heterocycles. The Morgan fingerprint density at radius 1 is 1.15 bits per heavy atom. The van der Waals surface area contributed by atoms with Gasteiger partial charge in [0.2, 0.25) is 0 Å². The van der Waals surface area contributed by atoms with Gasteiger partial charge in [0.25, 0.3) is 10.0 Å². The van der Waals surface area contributed by atoms with Crippen LogP contribution in [0.5, 0.6) is 0 Å². The first-order chi connectivity index (χ1) is 9.53. The standard InChI is InChI=1S/C12H13N3O2S3/c1-13-12(18)14-9-5-2-3-6-10(9)15-20(16,17)11-7-4-8-19-11/h2-8,15H,1H3,(H2,13,14,18). The minimum Gasteiger partial charge on any atom is -0.366 e. The zero-order valence-electron chi connectivity index (χ0n) is 10.6. The van der Waals surface area contributed by atoms with Gasteiger partial charge < -0.3 is 10.6 Å². The molecule has 20 heavy (non-hydrogen) atoms. The van der Waals surface area contributed by atoms with Gasteiger partial charge in [-0.05, 0) is 35.8 Å². The van der Waals surface area contributed by atoms with Crippen LogP contribution in [0.3, 0.4) is 0 Å². The quantitative estimate of drug-likeness (QED) is 0.753. The van der Waals surface area contributed by atoms with E-state index >= 15 is 0 Å². The lowest BCUT2D eigenvalue weighted by molar-refractivity contribution is 0.603. The van der Waals surface area contributed by atoms with Crippen molar-refractivity contribution in [3.63, 3.8) is 0 Å². The van der Waals surface area contributed by atoms with Crippen molar-refractivity contribution in [3.05, 3.63) is 41.8 Å². The fraction of sp³-hybridized carbons (Fsp3) is 0.0833. The van der Waals surface area contributed by atoms with Crippen molar-refractivity contribution in [1.29, 1.82) is 0 Å². The van der Waals surface area contributed by atoms with Gasteiger partial charge in [-0.2, -0.15) is 0 Å². The maximum Gasteiger partial charge on any atom is 0.271 e. The molecule has 8 heteroatoms. The second-order valence-corrected chi connectivity index (χ2v) is 7.05. The molecule has 0 atom stereocenters. The molecule has 2 aromatic rings. The number of hydrogen-bond donors (Lipinski definition) is 3. The molecule has 0 aliphatic carbocycles. The van der Waals surface area contributed by atoms with Crippen LogP contribution >= 0.6 is 23.6 Å². The number of sulfonamides is 1. The van der Waals surface area contributed by atoms with Gasteiger partial charge in [-0.15, -0.1) is 11.3 Å². The summed E-state index contributed by atoms with van der Waals surface area (Å²) in [6.45, 7) is 0. The monoisotopic (exact) mass is 327 g/mol. The molecule has 0 aliphatic rings. The average Bonchev–Trinajstić information content (AvgIpc) is 2.95. The number of rotatable bonds is 4. The highest BCUT2D eigenvalue weighted by Crippen LogP contribution is 2.25. The fourth-order valence-electron chi connectivity index (χ4n) is 1.48. The van der Waals surface area contributed by atoms with Crippen LogP contribution < -0.4 is 15.4 Å². The van der Waals surface area contributed by atoms with E-state index in [0.717, 1.165) is 11.3 Å². The lowest BCUT2D eigenvalue weighted by atomic mass is 10.3. The largest absolute Gasteiger partial charge is 0.366 e. The predicted octanol–water partition coefficient (Wildman–Crippen LogP) is 2.47. The zero-order valence-corrected chi connectivity index (χ0v) is 13.0. The Bertz CT molecular complexity index is 696. The first-order valence-electron chi connectivity index (χ1n) is 5.67. The summed E-state index contributed by atoms with van der Waals surface area (Å²) in [7, 11) is -1.88. The van der Waals surface area contributed by atoms with Crippen LogP contribution in [0.2, 0.25) is 0 Å². The van der Waals surface area contributed by atoms with Crippen LogP contribution in [0.25, 0.3) is 0 Å². The summed E-state index contributed by atoms with van der Waals surface area (Å²) < 4.78 is 27.2. The average molecular weight is 327 g/mol. The lowest BCUT2D eigenvalue weighted by Gasteiger charge is -2.13. The Morgan fingerprint density at radius 3 is 2.45 bits per heavy atom. The van der Waals surface area contributed by atoms with Crippen molar-refractivity contribution in [3.8, 4) is 0 Å². The highest BCUT2D eigenvalue weighted by atomic mass is 32.2. The molecular formula is C12H13N3O2S3. The molecule has 106 valence electrons. The fourth-order valence-corrected chi connectivity index (χ4v) is 3.66. The van der Waals surface area contributed by atoms with Crippen LogP contribution in [-0.2, 0) is 10.0 Å². The second-order valence-electron chi connectivity index (χ2n) is 3.79. The van der Waals surface area contributed by atoms with E-state index in [2.05, 4.69) is 15.4 Å². The smallest absolute Gasteiger partial charge is 0.271 e. The van der Waals surface area contributed by atoms with E-state index in [4.69, 9.17) is 12.2 Å². The van der Waals surface area contributed by atoms with Gasteiger partial charge in [-0.3, -0.25) is 4.72 Å². The molecule has 0 radical (unpaired) electrons. The third kappa shape index (κ3) is 3.47. The maximum absolute atomic E-state index is 12.2. The number of anilines is 2. The molecule has 0 spiro atoms. The lowest BCUT2D eigenvalue weighted by Crippen LogP contribution is -2.25. The summed E-state index contributed by atoms with van der Waals surface area (Å²) in [4.78, 5) is 0. The number of thiophene rings is 1. The van der Waals surface area contributed by atoms with Gasteiger partial charge >= 0.3 is 0 Å². The van der Waals surface area contributed by atoms with Gasteiger partial charge in [0.1, 0.15) is 4.21 Å². The Balaban J connectivity index is 2.28. The van der Waals surface area contributed by atoms with Gasteiger partial charge in [0, 0.05) is 7.05 Å². The minimum atomic E-state index is -3.57. The third-order valence-corrected chi connectivity index (χ3v) is 5.48. The molecule has 0 saturated carbocycles. The number of thiocarbonyl (C=S) groups is 1. The Kier molecular flexibility index (Phi) is 4.58. The topological polar surface area (TPSA) is 70.2 Å². The molecule has 1 aromatic carbocycles. The molecule has 0 amide bonds. The molecule has 0 fully saturated rings. The zero-order chi connectivity index (χ0) is 14.6. The second kappa shape index (κ2) is 6.21. The van der Waals surface area contributed by atoms with Crippen LogP contribution in [0, 0.1) is 0 Å². The van der Waals surface area contributed by atoms with Crippen LogP contribution in [0.4, 0.5) is 11.4 Å². The highest BCUT2D eigenvalue weighted by Gasteiger charge is 2.16. The molecule has 0 saturated heterocycles. The van der Waals surface area contributed by atoms with Crippen LogP contribution in [0.1, 0.15) is 0 Å². The van der Waals surface area contributed by atoms with Gasteiger partial charge in [-0.1, -0.05) is 18.2 Å². The van der Waals surface area contributed by atoms with Crippen molar-refractivity contribution in [2.45, 2.75) is 4.21 Å². The summed E-state index contributed by atoms with van der Waals surface area (Å²) in [6.07, 6.45) is 0. The van der Waals surface area contributed by atoms with E-state index in [0.29, 0.717) is 16.5 Å². The Hall–Kier alpha value is -1.64. The molecule has 1 aromatic heterocycles. The van der Waals surface area contributed by atoms with Crippen LogP contribution in [-0.4, -0.2) is 20.6 Å². The maximum atomic E-state index is 12.2. The van der Waals surface area contributed by atoms with Crippen molar-refractivity contribution in [1.82, 2.24) is 5.32 Å². The molecule has 5 nitrogen and oxygen atoms in total. The molecular weight excluding hydrogens is 314 g/mol. The molecule has 3 N–H and O–H groups in total. The number of nitrogens with one attached hydrogen (secondary N) is 3. The SMILES string of the molecule is CNC(=S)Nc1ccccc1NS(=O)(=O)c1cccs1. The number of hydrogen-bond acceptors (Lipinski definition) is 4. The van der Waals surface area contributed by atoms with Crippen molar-refractivity contribution in [2.75, 3.05) is 17.1 Å². The van der Waals surface area contributed by atoms with E-state index in [1.165, 1.54) is 0 Å². The predicted molar refractivity (Wildman–Crippen MR) is 86.8 cm³/mol. The van der Waals surface area contributed by atoms with E-state index in [-0.39, 0.29) is 4.21 Å². The number of para-hydroxylation sites is 2. The summed E-state index contributed by atoms with van der Waals surface area (Å²) >= 11 is 6.18. The van der Waals surface area contributed by atoms with Crippen LogP contribution in [0.15, 0.2) is 46.0 Å². The van der Waals surface area contributed by atoms with Gasteiger partial charge in [0.05, 0.1) is 11.4 Å². The Labute approximate surface area is 127 Å². The van der Waals surface area contributed by atoms with Gasteiger partial charge in [0.15, 0.2) is 5.11 Å². The summed E-state index contributed by atoms with van der Waals surface area (Å²) in [5.41, 5.74) is 1.03. The van der Waals surface area contributed by atoms with E-state index in [1.807, 2.05) is 0 Å². The van der Waals surface area contributed by atoms with Gasteiger partial charge in [-0.25, -0.2) is 8.42 Å². The van der Waals surface area contributed by atoms with Crippen molar-refractivity contribution < 1.29 is 8.42 Å². The Morgan fingerprint density at radius 2 is 1.85 bits per heavy atom. The van der Waals surface area contributed by atoms with E-state index < -0.39 is 10.0 Å². The molecule has 2 rings (SSSR count). The number of benzene rings is 1. The highest BCUT2D eigenvalue weighted by molar-refractivity contribution is 7.94. The first kappa shape index (κ1) is 14.8. The minimum absolute atomic E-state index is 0.267. The molecule has 0 unspecified atom stereocenters. The summed E-state index contributed by atoms with van der Waals surface area (Å²) in [6, 6.07) is 10.2. The van der Waals surface area contributed by atoms with E-state index in [1.54, 1.807) is 48.8 Å². The third-order valence-electron chi connectivity index (χ3n) is 2.41. The van der Waals surface area contributed by atoms with E-state index in [9.17, 15) is 8.42 Å². The van der Waals surface area contributed by atoms with Crippen molar-refractivity contribution >= 4 is 50.1 Å². The normalized spacial score (nSPS) is 10.8. The van der Waals surface area contributed by atoms with Crippen molar-refractivity contribution in [2.24, 2.45) is 0 Å². The molecule has 1 heterocycles. The molecule has 0 bridgehead atoms. The first-order valence-corrected chi connectivity index (χ1v) is 8.44. The summed E-state index contributed by atoms with van der Waals surface area (Å²) in [5.74, 6) is 0.